The third-order valence-electron chi connectivity index (χ3n) is 7.00. The van der Waals surface area contributed by atoms with Gasteiger partial charge < -0.3 is 35.6 Å². The molecule has 3 atom stereocenters. The second kappa shape index (κ2) is 19.1. The average molecular weight is 700 g/mol. The number of thioether (sulfide) groups is 1. The molecule has 13 heteroatoms. The van der Waals surface area contributed by atoms with Gasteiger partial charge in [-0.1, -0.05) is 42.5 Å². The van der Waals surface area contributed by atoms with Gasteiger partial charge in [0.2, 0.25) is 23.6 Å². The van der Waals surface area contributed by atoms with E-state index in [9.17, 15) is 24.0 Å². The molecule has 0 saturated carbocycles. The van der Waals surface area contributed by atoms with Gasteiger partial charge in [-0.3, -0.25) is 19.2 Å². The molecule has 5 amide bonds. The molecule has 4 N–H and O–H groups in total. The van der Waals surface area contributed by atoms with Crippen molar-refractivity contribution in [1.82, 2.24) is 26.2 Å². The lowest BCUT2D eigenvalue weighted by molar-refractivity contribution is -0.139. The molecule has 0 aliphatic heterocycles. The van der Waals surface area contributed by atoms with Crippen molar-refractivity contribution in [2.45, 2.75) is 90.6 Å². The summed E-state index contributed by atoms with van der Waals surface area (Å²) in [4.78, 5) is 66.6. The fraction of sp³-hybridized carbons (Fsp3) is 0.528. The fourth-order valence-corrected chi connectivity index (χ4v) is 4.88. The van der Waals surface area contributed by atoms with E-state index in [2.05, 4.69) is 21.3 Å². The molecule has 12 nitrogen and oxygen atoms in total. The first-order chi connectivity index (χ1) is 22.9. The van der Waals surface area contributed by atoms with Gasteiger partial charge in [-0.05, 0) is 78.0 Å². The van der Waals surface area contributed by atoms with E-state index in [1.165, 1.54) is 18.9 Å². The summed E-state index contributed by atoms with van der Waals surface area (Å²) in [6, 6.07) is 13.6. The van der Waals surface area contributed by atoms with Crippen LogP contribution in [0.15, 0.2) is 54.6 Å². The maximum atomic E-state index is 13.4. The number of ether oxygens (including phenoxy) is 2. The van der Waals surface area contributed by atoms with Crippen LogP contribution >= 0.6 is 11.8 Å². The van der Waals surface area contributed by atoms with Gasteiger partial charge in [0, 0.05) is 32.2 Å². The zero-order valence-corrected chi connectivity index (χ0v) is 31.0. The molecule has 2 aromatic rings. The molecule has 2 rings (SSSR count). The Balaban J connectivity index is 2.08. The summed E-state index contributed by atoms with van der Waals surface area (Å²) < 4.78 is 11.2. The van der Waals surface area contributed by atoms with Gasteiger partial charge in [-0.25, -0.2) is 4.79 Å². The zero-order valence-electron chi connectivity index (χ0n) is 30.2. The Labute approximate surface area is 294 Å². The summed E-state index contributed by atoms with van der Waals surface area (Å²) in [5.74, 6) is -0.605. The van der Waals surface area contributed by atoms with Gasteiger partial charge in [-0.2, -0.15) is 11.8 Å². The highest BCUT2D eigenvalue weighted by atomic mass is 32.2. The van der Waals surface area contributed by atoms with Crippen molar-refractivity contribution in [3.8, 4) is 5.75 Å². The Morgan fingerprint density at radius 3 is 1.96 bits per heavy atom. The SMILES string of the molecule is CSCCNC(=O)[C@H](Cc1ccccc1)N(C)C(=O)CNC(=O)[C@@H](C)NC(=O)[C@H](Cc1ccc(OC(C)(C)C)cc1)NC(=O)OC(C)(C)C. The molecule has 49 heavy (non-hydrogen) atoms. The van der Waals surface area contributed by atoms with Gasteiger partial charge in [0.1, 0.15) is 35.1 Å². The minimum absolute atomic E-state index is 0.111. The van der Waals surface area contributed by atoms with Gasteiger partial charge in [0.05, 0.1) is 6.54 Å². The average Bonchev–Trinajstić information content (AvgIpc) is 3.01. The highest BCUT2D eigenvalue weighted by Gasteiger charge is 2.29. The van der Waals surface area contributed by atoms with Crippen LogP contribution in [0.5, 0.6) is 5.75 Å². The van der Waals surface area contributed by atoms with Crippen molar-refractivity contribution >= 4 is 41.5 Å². The van der Waals surface area contributed by atoms with Crippen molar-refractivity contribution in [1.29, 1.82) is 0 Å². The largest absolute Gasteiger partial charge is 0.488 e. The van der Waals surface area contributed by atoms with Crippen LogP contribution in [0.3, 0.4) is 0 Å². The third kappa shape index (κ3) is 15.7. The highest BCUT2D eigenvalue weighted by molar-refractivity contribution is 7.98. The summed E-state index contributed by atoms with van der Waals surface area (Å²) >= 11 is 1.60. The number of alkyl carbamates (subject to hydrolysis) is 1. The Morgan fingerprint density at radius 2 is 1.39 bits per heavy atom. The van der Waals surface area contributed by atoms with Crippen LogP contribution in [0, 0.1) is 0 Å². The molecule has 0 radical (unpaired) electrons. The Morgan fingerprint density at radius 1 is 0.776 bits per heavy atom. The lowest BCUT2D eigenvalue weighted by Crippen LogP contribution is -2.55. The van der Waals surface area contributed by atoms with Gasteiger partial charge in [0.15, 0.2) is 0 Å². The summed E-state index contributed by atoms with van der Waals surface area (Å²) in [5, 5.41) is 10.7. The molecule has 0 heterocycles. The molecule has 0 aromatic heterocycles. The van der Waals surface area contributed by atoms with Crippen LogP contribution in [0.25, 0.3) is 0 Å². The van der Waals surface area contributed by atoms with Crippen molar-refractivity contribution in [2.75, 3.05) is 32.1 Å². The molecular weight excluding hydrogens is 646 g/mol. The number of amides is 5. The van der Waals surface area contributed by atoms with Crippen LogP contribution in [-0.4, -0.2) is 96.1 Å². The minimum Gasteiger partial charge on any atom is -0.488 e. The second-order valence-corrected chi connectivity index (χ2v) is 14.7. The third-order valence-corrected chi connectivity index (χ3v) is 7.61. The van der Waals surface area contributed by atoms with Gasteiger partial charge in [-0.15, -0.1) is 0 Å². The zero-order chi connectivity index (χ0) is 36.8. The van der Waals surface area contributed by atoms with E-state index in [0.717, 1.165) is 16.9 Å². The Hall–Kier alpha value is -4.26. The monoisotopic (exact) mass is 699 g/mol. The molecular formula is C36H53N5O7S. The van der Waals surface area contributed by atoms with Crippen molar-refractivity contribution < 1.29 is 33.4 Å². The van der Waals surface area contributed by atoms with E-state index in [4.69, 9.17) is 9.47 Å². The lowest BCUT2D eigenvalue weighted by atomic mass is 10.0. The van der Waals surface area contributed by atoms with Gasteiger partial charge in [0.25, 0.3) is 0 Å². The molecule has 270 valence electrons. The number of nitrogens with zero attached hydrogens (tertiary/aromatic N) is 1. The van der Waals surface area contributed by atoms with Crippen LogP contribution in [-0.2, 0) is 36.8 Å². The molecule has 2 aromatic carbocycles. The Kier molecular flexibility index (Phi) is 15.9. The fourth-order valence-electron chi connectivity index (χ4n) is 4.57. The number of benzene rings is 2. The number of likely N-dealkylation sites (N-methyl/N-ethyl adjacent to an activating group) is 1. The van der Waals surface area contributed by atoms with E-state index in [-0.39, 0.29) is 24.5 Å². The molecule has 0 unspecified atom stereocenters. The maximum Gasteiger partial charge on any atom is 0.408 e. The smallest absolute Gasteiger partial charge is 0.408 e. The molecule has 0 aliphatic carbocycles. The van der Waals surface area contributed by atoms with E-state index < -0.39 is 47.5 Å². The number of hydrogen-bond acceptors (Lipinski definition) is 8. The number of nitrogens with one attached hydrogen (secondary N) is 4. The van der Waals surface area contributed by atoms with Crippen LogP contribution in [0.4, 0.5) is 4.79 Å². The van der Waals surface area contributed by atoms with Crippen molar-refractivity contribution in [2.24, 2.45) is 0 Å². The Bertz CT molecular complexity index is 1390. The topological polar surface area (TPSA) is 155 Å². The summed E-state index contributed by atoms with van der Waals surface area (Å²) in [5.41, 5.74) is 0.451. The predicted octanol–water partition coefficient (Wildman–Crippen LogP) is 3.47. The quantitative estimate of drug-likeness (QED) is 0.194. The van der Waals surface area contributed by atoms with Crippen LogP contribution in [0.1, 0.15) is 59.6 Å². The number of rotatable bonds is 16. The summed E-state index contributed by atoms with van der Waals surface area (Å²) in [6.45, 7) is 12.5. The van der Waals surface area contributed by atoms with E-state index >= 15 is 0 Å². The number of carbonyl (C=O) groups is 5. The lowest BCUT2D eigenvalue weighted by Gasteiger charge is -2.28. The standard InChI is InChI=1S/C36H53N5O7S/c1-24(31(43)38-23-30(42)41(8)29(33(45)37-19-20-49-9)22-25-13-11-10-12-14-25)39-32(44)28(40-34(46)48-36(5,6)7)21-26-15-17-27(18-16-26)47-35(2,3)4/h10-18,24,28-29H,19-23H2,1-9H3,(H,37,45)(H,38,43)(H,39,44)(H,40,46)/t24-,28+,29+/m1/s1. The summed E-state index contributed by atoms with van der Waals surface area (Å²) in [7, 11) is 1.52. The molecule has 0 spiro atoms. The normalized spacial score (nSPS) is 13.2. The molecule has 0 aliphatic rings. The minimum atomic E-state index is -1.07. The van der Waals surface area contributed by atoms with Crippen LogP contribution < -0.4 is 26.0 Å². The first kappa shape index (κ1) is 40.9. The first-order valence-electron chi connectivity index (χ1n) is 16.3. The second-order valence-electron chi connectivity index (χ2n) is 13.7. The van der Waals surface area contributed by atoms with Gasteiger partial charge >= 0.3 is 6.09 Å². The van der Waals surface area contributed by atoms with E-state index in [1.807, 2.05) is 57.4 Å². The number of carbonyl (C=O) groups excluding carboxylic acids is 5. The predicted molar refractivity (Wildman–Crippen MR) is 192 cm³/mol. The highest BCUT2D eigenvalue weighted by Crippen LogP contribution is 2.19. The van der Waals surface area contributed by atoms with Crippen molar-refractivity contribution in [3.05, 3.63) is 65.7 Å². The van der Waals surface area contributed by atoms with Crippen molar-refractivity contribution in [3.63, 3.8) is 0 Å². The van der Waals surface area contributed by atoms with E-state index in [0.29, 0.717) is 18.7 Å². The van der Waals surface area contributed by atoms with Crippen LogP contribution in [0.2, 0.25) is 0 Å². The maximum absolute atomic E-state index is 13.4. The molecule has 0 fully saturated rings. The molecule has 0 saturated heterocycles. The number of hydrogen-bond donors (Lipinski definition) is 4. The summed E-state index contributed by atoms with van der Waals surface area (Å²) in [6.07, 6.45) is 1.57. The molecule has 0 bridgehead atoms. The van der Waals surface area contributed by atoms with E-state index in [1.54, 1.807) is 56.8 Å². The first-order valence-corrected chi connectivity index (χ1v) is 17.7.